The number of nitrogens with one attached hydrogen (secondary N) is 1. The minimum atomic E-state index is -2.78. The molecule has 6 nitrogen and oxygen atoms in total. The number of alkyl halides is 2. The van der Waals surface area contributed by atoms with Crippen LogP contribution in [-0.4, -0.2) is 59.5 Å². The Morgan fingerprint density at radius 2 is 2.06 bits per heavy atom. The second kappa shape index (κ2) is 7.85. The van der Waals surface area contributed by atoms with Crippen LogP contribution in [0.5, 0.6) is 0 Å². The molecule has 2 amide bonds. The van der Waals surface area contributed by atoms with Gasteiger partial charge in [-0.2, -0.15) is 0 Å². The molecule has 0 aromatic rings. The molecular formula is C8H13F2N3O3S. The highest BCUT2D eigenvalue weighted by Crippen LogP contribution is 1.98. The van der Waals surface area contributed by atoms with Crippen molar-refractivity contribution in [3.63, 3.8) is 0 Å². The van der Waals surface area contributed by atoms with Gasteiger partial charge in [0.1, 0.15) is 0 Å². The average Bonchev–Trinajstić information content (AvgIpc) is 2.23. The highest BCUT2D eigenvalue weighted by Gasteiger charge is 2.23. The Morgan fingerprint density at radius 1 is 1.47 bits per heavy atom. The first kappa shape index (κ1) is 15.7. The third kappa shape index (κ3) is 6.74. The monoisotopic (exact) mass is 269 g/mol. The molecular weight excluding hydrogens is 256 g/mol. The summed E-state index contributed by atoms with van der Waals surface area (Å²) in [6.45, 7) is -1.97. The maximum absolute atomic E-state index is 12.1. The van der Waals surface area contributed by atoms with Crippen LogP contribution in [0.15, 0.2) is 0 Å². The molecule has 17 heavy (non-hydrogen) atoms. The largest absolute Gasteiger partial charge is 0.395 e. The van der Waals surface area contributed by atoms with E-state index in [1.807, 2.05) is 0 Å². The first-order valence-corrected chi connectivity index (χ1v) is 5.03. The van der Waals surface area contributed by atoms with E-state index >= 15 is 0 Å². The third-order valence-corrected chi connectivity index (χ3v) is 1.78. The number of thiocarbonyl (C=S) groups is 1. The summed E-state index contributed by atoms with van der Waals surface area (Å²) in [4.78, 5) is 23.1. The van der Waals surface area contributed by atoms with Crippen LogP contribution in [0.1, 0.15) is 0 Å². The van der Waals surface area contributed by atoms with E-state index in [4.69, 9.17) is 10.8 Å². The fourth-order valence-corrected chi connectivity index (χ4v) is 1.02. The van der Waals surface area contributed by atoms with E-state index < -0.39 is 31.4 Å². The molecule has 0 unspecified atom stereocenters. The second-order valence-electron chi connectivity index (χ2n) is 3.01. The summed E-state index contributed by atoms with van der Waals surface area (Å²) in [5.41, 5.74) is 5.09. The molecule has 0 rings (SSSR count). The highest BCUT2D eigenvalue weighted by molar-refractivity contribution is 7.80. The highest BCUT2D eigenvalue weighted by atomic mass is 32.1. The molecule has 0 aromatic carbocycles. The van der Waals surface area contributed by atoms with Gasteiger partial charge in [-0.3, -0.25) is 9.59 Å². The third-order valence-electron chi connectivity index (χ3n) is 1.63. The lowest BCUT2D eigenvalue weighted by molar-refractivity contribution is -0.147. The lowest BCUT2D eigenvalue weighted by Gasteiger charge is -2.20. The summed E-state index contributed by atoms with van der Waals surface area (Å²) >= 11 is 4.47. The van der Waals surface area contributed by atoms with Crippen LogP contribution < -0.4 is 11.1 Å². The normalized spacial score (nSPS) is 10.1. The molecule has 0 bridgehead atoms. The lowest BCUT2D eigenvalue weighted by Crippen LogP contribution is -2.47. The summed E-state index contributed by atoms with van der Waals surface area (Å²) < 4.78 is 24.2. The number of aliphatic hydroxyl groups excluding tert-OH is 1. The fourth-order valence-electron chi connectivity index (χ4n) is 0.950. The maximum Gasteiger partial charge on any atom is 0.312 e. The van der Waals surface area contributed by atoms with Gasteiger partial charge in [0.05, 0.1) is 24.7 Å². The zero-order valence-electron chi connectivity index (χ0n) is 8.86. The number of hydrogen-bond acceptors (Lipinski definition) is 4. The molecule has 0 saturated carbocycles. The van der Waals surface area contributed by atoms with Crippen molar-refractivity contribution < 1.29 is 23.5 Å². The molecule has 98 valence electrons. The number of aliphatic hydroxyl groups is 1. The van der Waals surface area contributed by atoms with Crippen LogP contribution >= 0.6 is 12.2 Å². The van der Waals surface area contributed by atoms with E-state index in [1.54, 1.807) is 0 Å². The van der Waals surface area contributed by atoms with E-state index in [-0.39, 0.29) is 18.1 Å². The number of carbonyl (C=O) groups excluding carboxylic acids is 2. The number of nitrogens with zero attached hydrogens (tertiary/aromatic N) is 1. The van der Waals surface area contributed by atoms with Crippen LogP contribution in [-0.2, 0) is 9.59 Å². The second-order valence-corrected chi connectivity index (χ2v) is 3.54. The minimum absolute atomic E-state index is 0.0336. The number of amides is 2. The molecule has 9 heteroatoms. The first-order chi connectivity index (χ1) is 7.88. The van der Waals surface area contributed by atoms with Crippen LogP contribution in [0, 0.1) is 0 Å². The Labute approximate surface area is 102 Å². The lowest BCUT2D eigenvalue weighted by atomic mass is 10.4. The molecule has 0 spiro atoms. The Bertz CT molecular complexity index is 302. The number of rotatable bonds is 6. The van der Waals surface area contributed by atoms with Crippen molar-refractivity contribution in [2.24, 2.45) is 5.73 Å². The molecule has 0 aliphatic carbocycles. The SMILES string of the molecule is NC(=S)CNC(=O)C(=O)N(CCO)CC(F)F. The van der Waals surface area contributed by atoms with Crippen LogP contribution in [0.4, 0.5) is 8.78 Å². The predicted molar refractivity (Wildman–Crippen MR) is 59.5 cm³/mol. The van der Waals surface area contributed by atoms with Gasteiger partial charge in [0, 0.05) is 6.54 Å². The molecule has 0 aromatic heterocycles. The summed E-state index contributed by atoms with van der Waals surface area (Å²) in [5.74, 6) is -2.25. The van der Waals surface area contributed by atoms with Gasteiger partial charge < -0.3 is 21.1 Å². The molecule has 0 radical (unpaired) electrons. The summed E-state index contributed by atoms with van der Waals surface area (Å²) in [5, 5.41) is 10.7. The van der Waals surface area contributed by atoms with E-state index in [1.165, 1.54) is 0 Å². The standard InChI is InChI=1S/C8H13F2N3O3S/c9-5(10)4-13(1-2-14)8(16)7(15)12-3-6(11)17/h5,14H,1-4H2,(H2,11,17)(H,12,15). The number of carbonyl (C=O) groups is 2. The topological polar surface area (TPSA) is 95.7 Å². The van der Waals surface area contributed by atoms with Crippen LogP contribution in [0.3, 0.4) is 0 Å². The molecule has 0 aliphatic rings. The number of hydrogen-bond donors (Lipinski definition) is 3. The van der Waals surface area contributed by atoms with Crippen molar-refractivity contribution in [3.8, 4) is 0 Å². The smallest absolute Gasteiger partial charge is 0.312 e. The average molecular weight is 269 g/mol. The van der Waals surface area contributed by atoms with Gasteiger partial charge >= 0.3 is 11.8 Å². The Kier molecular flexibility index (Phi) is 7.22. The van der Waals surface area contributed by atoms with Crippen molar-refractivity contribution in [2.75, 3.05) is 26.2 Å². The van der Waals surface area contributed by atoms with Gasteiger partial charge in [0.15, 0.2) is 0 Å². The van der Waals surface area contributed by atoms with E-state index in [9.17, 15) is 18.4 Å². The van der Waals surface area contributed by atoms with Gasteiger partial charge in [-0.1, -0.05) is 12.2 Å². The van der Waals surface area contributed by atoms with Crippen molar-refractivity contribution in [3.05, 3.63) is 0 Å². The van der Waals surface area contributed by atoms with Crippen molar-refractivity contribution >= 4 is 29.0 Å². The van der Waals surface area contributed by atoms with Crippen LogP contribution in [0.25, 0.3) is 0 Å². The van der Waals surface area contributed by atoms with E-state index in [2.05, 4.69) is 17.5 Å². The van der Waals surface area contributed by atoms with Crippen LogP contribution in [0.2, 0.25) is 0 Å². The Morgan fingerprint density at radius 3 is 2.47 bits per heavy atom. The molecule has 0 atom stereocenters. The van der Waals surface area contributed by atoms with Crippen molar-refractivity contribution in [1.29, 1.82) is 0 Å². The maximum atomic E-state index is 12.1. The van der Waals surface area contributed by atoms with Crippen molar-refractivity contribution in [1.82, 2.24) is 10.2 Å². The van der Waals surface area contributed by atoms with E-state index in [0.717, 1.165) is 0 Å². The summed E-state index contributed by atoms with van der Waals surface area (Å²) in [6, 6.07) is 0. The number of halogens is 2. The first-order valence-electron chi connectivity index (χ1n) is 4.63. The molecule has 0 fully saturated rings. The predicted octanol–water partition coefficient (Wildman–Crippen LogP) is -1.53. The minimum Gasteiger partial charge on any atom is -0.395 e. The van der Waals surface area contributed by atoms with Gasteiger partial charge in [-0.25, -0.2) is 8.78 Å². The van der Waals surface area contributed by atoms with Crippen molar-refractivity contribution in [2.45, 2.75) is 6.43 Å². The molecule has 0 heterocycles. The van der Waals surface area contributed by atoms with Gasteiger partial charge in [-0.15, -0.1) is 0 Å². The Balaban J connectivity index is 4.38. The number of nitrogens with two attached hydrogens (primary N) is 1. The van der Waals surface area contributed by atoms with Gasteiger partial charge in [-0.05, 0) is 0 Å². The quantitative estimate of drug-likeness (QED) is 0.402. The zero-order chi connectivity index (χ0) is 13.4. The summed E-state index contributed by atoms with van der Waals surface area (Å²) in [6.07, 6.45) is -2.78. The summed E-state index contributed by atoms with van der Waals surface area (Å²) in [7, 11) is 0. The zero-order valence-corrected chi connectivity index (χ0v) is 9.67. The van der Waals surface area contributed by atoms with Gasteiger partial charge in [0.2, 0.25) is 0 Å². The Hall–Kier alpha value is -1.35. The molecule has 0 saturated heterocycles. The fraction of sp³-hybridized carbons (Fsp3) is 0.625. The van der Waals surface area contributed by atoms with E-state index in [0.29, 0.717) is 4.90 Å². The molecule has 0 aliphatic heterocycles. The van der Waals surface area contributed by atoms with Gasteiger partial charge in [0.25, 0.3) is 6.43 Å². The molecule has 4 N–H and O–H groups in total.